The summed E-state index contributed by atoms with van der Waals surface area (Å²) in [5, 5.41) is 0. The predicted octanol–water partition coefficient (Wildman–Crippen LogP) is 2.34. The molecule has 0 atom stereocenters. The van der Waals surface area contributed by atoms with Crippen LogP contribution in [0.25, 0.3) is 6.08 Å². The molecule has 0 unspecified atom stereocenters. The first-order chi connectivity index (χ1) is 12.8. The number of carbonyl (C=O) groups excluding carboxylic acids is 1. The number of rotatable bonds is 5. The maximum absolute atomic E-state index is 12.5. The van der Waals surface area contributed by atoms with Gasteiger partial charge in [0.25, 0.3) is 0 Å². The Morgan fingerprint density at radius 2 is 1.59 bits per heavy atom. The predicted molar refractivity (Wildman–Crippen MR) is 100 cm³/mol. The van der Waals surface area contributed by atoms with Crippen LogP contribution in [0.2, 0.25) is 0 Å². The molecule has 2 fully saturated rings. The smallest absolute Gasteiger partial charge is 0.246 e. The second kappa shape index (κ2) is 7.40. The largest absolute Gasteiger partial charge is 0.493 e. The summed E-state index contributed by atoms with van der Waals surface area (Å²) in [6, 6.07) is 3.60. The highest BCUT2D eigenvalue weighted by Crippen LogP contribution is 2.39. The Bertz CT molecular complexity index is 699. The zero-order valence-corrected chi connectivity index (χ0v) is 16.5. The second-order valence-electron chi connectivity index (χ2n) is 7.46. The van der Waals surface area contributed by atoms with E-state index >= 15 is 0 Å². The molecule has 1 amide bonds. The average molecular weight is 377 g/mol. The molecule has 1 spiro atoms. The number of amides is 1. The maximum atomic E-state index is 12.5. The van der Waals surface area contributed by atoms with Gasteiger partial charge in [-0.25, -0.2) is 0 Å². The van der Waals surface area contributed by atoms with E-state index in [1.807, 2.05) is 13.8 Å². The van der Waals surface area contributed by atoms with Gasteiger partial charge in [0.2, 0.25) is 11.7 Å². The van der Waals surface area contributed by atoms with Crippen LogP contribution in [0.15, 0.2) is 18.2 Å². The zero-order valence-electron chi connectivity index (χ0n) is 16.5. The van der Waals surface area contributed by atoms with E-state index in [9.17, 15) is 4.79 Å². The summed E-state index contributed by atoms with van der Waals surface area (Å²) in [5.74, 6) is 1.03. The maximum Gasteiger partial charge on any atom is 0.246 e. The highest BCUT2D eigenvalue weighted by Gasteiger charge is 2.49. The first-order valence-electron chi connectivity index (χ1n) is 8.86. The molecule has 0 N–H and O–H groups in total. The molecule has 1 aromatic carbocycles. The molecule has 2 heterocycles. The molecular formula is C20H27NO6. The fraction of sp³-hybridized carbons (Fsp3) is 0.550. The monoisotopic (exact) mass is 377 g/mol. The third-order valence-corrected chi connectivity index (χ3v) is 4.92. The molecule has 0 aliphatic carbocycles. The van der Waals surface area contributed by atoms with Crippen LogP contribution in [0.3, 0.4) is 0 Å². The molecule has 2 aliphatic heterocycles. The molecule has 7 heteroatoms. The van der Waals surface area contributed by atoms with Crippen molar-refractivity contribution in [2.24, 2.45) is 5.41 Å². The highest BCUT2D eigenvalue weighted by atomic mass is 16.7. The van der Waals surface area contributed by atoms with Crippen molar-refractivity contribution in [1.82, 2.24) is 4.90 Å². The van der Waals surface area contributed by atoms with E-state index < -0.39 is 5.79 Å². The molecular weight excluding hydrogens is 350 g/mol. The molecule has 0 saturated carbocycles. The fourth-order valence-electron chi connectivity index (χ4n) is 3.31. The van der Waals surface area contributed by atoms with Gasteiger partial charge in [0.05, 0.1) is 40.0 Å². The molecule has 7 nitrogen and oxygen atoms in total. The molecule has 27 heavy (non-hydrogen) atoms. The average Bonchev–Trinajstić information content (AvgIpc) is 2.63. The summed E-state index contributed by atoms with van der Waals surface area (Å²) in [6.45, 7) is 6.31. The topological polar surface area (TPSA) is 66.5 Å². The number of methoxy groups -OCH3 is 3. The van der Waals surface area contributed by atoms with Crippen LogP contribution in [-0.2, 0) is 14.3 Å². The van der Waals surface area contributed by atoms with Crippen LogP contribution in [0.1, 0.15) is 19.4 Å². The minimum atomic E-state index is -0.540. The lowest BCUT2D eigenvalue weighted by Gasteiger charge is -2.53. The van der Waals surface area contributed by atoms with E-state index in [2.05, 4.69) is 0 Å². The van der Waals surface area contributed by atoms with Crippen LogP contribution < -0.4 is 14.2 Å². The van der Waals surface area contributed by atoms with E-state index in [1.54, 1.807) is 50.5 Å². The Morgan fingerprint density at radius 3 is 2.07 bits per heavy atom. The number of hydrogen-bond donors (Lipinski definition) is 0. The summed E-state index contributed by atoms with van der Waals surface area (Å²) in [5.41, 5.74) is 0.713. The summed E-state index contributed by atoms with van der Waals surface area (Å²) in [4.78, 5) is 14.2. The molecule has 0 bridgehead atoms. The van der Waals surface area contributed by atoms with Crippen LogP contribution in [0, 0.1) is 5.41 Å². The lowest BCUT2D eigenvalue weighted by atomic mass is 9.80. The normalized spacial score (nSPS) is 20.4. The van der Waals surface area contributed by atoms with Gasteiger partial charge in [-0.05, 0) is 37.6 Å². The van der Waals surface area contributed by atoms with Crippen LogP contribution in [0.5, 0.6) is 17.2 Å². The first-order valence-corrected chi connectivity index (χ1v) is 8.86. The molecule has 0 aromatic heterocycles. The van der Waals surface area contributed by atoms with Gasteiger partial charge >= 0.3 is 0 Å². The zero-order chi connectivity index (χ0) is 19.7. The molecule has 148 valence electrons. The number of likely N-dealkylation sites (tertiary alicyclic amines) is 1. The van der Waals surface area contributed by atoms with Crippen LogP contribution >= 0.6 is 0 Å². The van der Waals surface area contributed by atoms with Gasteiger partial charge < -0.3 is 28.6 Å². The summed E-state index contributed by atoms with van der Waals surface area (Å²) in [6.07, 6.45) is 3.30. The third kappa shape index (κ3) is 4.04. The number of hydrogen-bond acceptors (Lipinski definition) is 6. The van der Waals surface area contributed by atoms with Gasteiger partial charge in [0.1, 0.15) is 0 Å². The van der Waals surface area contributed by atoms with Gasteiger partial charge in [0, 0.05) is 19.2 Å². The van der Waals surface area contributed by atoms with E-state index in [1.165, 1.54) is 0 Å². The Labute approximate surface area is 159 Å². The van der Waals surface area contributed by atoms with Crippen molar-refractivity contribution in [3.63, 3.8) is 0 Å². The summed E-state index contributed by atoms with van der Waals surface area (Å²) >= 11 is 0. The second-order valence-corrected chi connectivity index (χ2v) is 7.46. The van der Waals surface area contributed by atoms with Crippen molar-refractivity contribution < 1.29 is 28.5 Å². The SMILES string of the molecule is COc1cc(/C=C/C(=O)N2CC3(COC(C)(C)OC3)C2)cc(OC)c1OC. The van der Waals surface area contributed by atoms with Crippen molar-refractivity contribution >= 4 is 12.0 Å². The number of nitrogens with zero attached hydrogens (tertiary/aromatic N) is 1. The Balaban J connectivity index is 1.63. The summed E-state index contributed by atoms with van der Waals surface area (Å²) in [7, 11) is 4.68. The van der Waals surface area contributed by atoms with Gasteiger partial charge in [0.15, 0.2) is 17.3 Å². The Hall–Kier alpha value is -2.25. The van der Waals surface area contributed by atoms with E-state index in [-0.39, 0.29) is 11.3 Å². The van der Waals surface area contributed by atoms with Crippen LogP contribution in [-0.4, -0.2) is 64.2 Å². The van der Waals surface area contributed by atoms with Gasteiger partial charge in [-0.2, -0.15) is 0 Å². The molecule has 3 rings (SSSR count). The third-order valence-electron chi connectivity index (χ3n) is 4.92. The van der Waals surface area contributed by atoms with Crippen molar-refractivity contribution in [3.8, 4) is 17.2 Å². The molecule has 1 aromatic rings. The quantitative estimate of drug-likeness (QED) is 0.734. The van der Waals surface area contributed by atoms with Crippen molar-refractivity contribution in [3.05, 3.63) is 23.8 Å². The summed E-state index contributed by atoms with van der Waals surface area (Å²) < 4.78 is 27.5. The fourth-order valence-corrected chi connectivity index (χ4v) is 3.31. The van der Waals surface area contributed by atoms with E-state index in [0.29, 0.717) is 43.6 Å². The minimum Gasteiger partial charge on any atom is -0.493 e. The molecule has 0 radical (unpaired) electrons. The molecule has 2 saturated heterocycles. The number of ether oxygens (including phenoxy) is 5. The Morgan fingerprint density at radius 1 is 1.04 bits per heavy atom. The Kier molecular flexibility index (Phi) is 5.35. The number of benzene rings is 1. The number of carbonyl (C=O) groups is 1. The minimum absolute atomic E-state index is 0.0424. The van der Waals surface area contributed by atoms with Gasteiger partial charge in [-0.3, -0.25) is 4.79 Å². The van der Waals surface area contributed by atoms with E-state index in [4.69, 9.17) is 23.7 Å². The lowest BCUT2D eigenvalue weighted by Crippen LogP contribution is -2.65. The van der Waals surface area contributed by atoms with Gasteiger partial charge in [-0.1, -0.05) is 0 Å². The first kappa shape index (κ1) is 19.5. The van der Waals surface area contributed by atoms with E-state index in [0.717, 1.165) is 5.56 Å². The highest BCUT2D eigenvalue weighted by molar-refractivity contribution is 5.92. The lowest BCUT2D eigenvalue weighted by molar-refractivity contribution is -0.302. The van der Waals surface area contributed by atoms with Crippen molar-refractivity contribution in [1.29, 1.82) is 0 Å². The van der Waals surface area contributed by atoms with Gasteiger partial charge in [-0.15, -0.1) is 0 Å². The van der Waals surface area contributed by atoms with Crippen molar-refractivity contribution in [2.45, 2.75) is 19.6 Å². The molecule has 2 aliphatic rings. The van der Waals surface area contributed by atoms with Crippen LogP contribution in [0.4, 0.5) is 0 Å². The van der Waals surface area contributed by atoms with Crippen molar-refractivity contribution in [2.75, 3.05) is 47.6 Å². The standard InChI is InChI=1S/C20H27NO6/c1-19(2)26-12-20(13-27-19)10-21(11-20)17(22)7-6-14-8-15(23-3)18(25-5)16(9-14)24-4/h6-9H,10-13H2,1-5H3/b7-6+.